The summed E-state index contributed by atoms with van der Waals surface area (Å²) < 4.78 is 0. The van der Waals surface area contributed by atoms with Crippen LogP contribution in [0.25, 0.3) is 0 Å². The van der Waals surface area contributed by atoms with Gasteiger partial charge in [-0.3, -0.25) is 0 Å². The molecule has 1 nitrogen and oxygen atoms in total. The van der Waals surface area contributed by atoms with Gasteiger partial charge in [-0.1, -0.05) is 65.1 Å². The molecule has 2 aromatic rings. The second-order valence-corrected chi connectivity index (χ2v) is 5.73. The first-order valence-corrected chi connectivity index (χ1v) is 8.43. The van der Waals surface area contributed by atoms with E-state index in [1.807, 2.05) is 12.1 Å². The third kappa shape index (κ3) is 3.77. The molecule has 0 amide bonds. The number of hydrogen-bond acceptors (Lipinski definition) is 1. The highest BCUT2D eigenvalue weighted by Gasteiger charge is 2.12. The van der Waals surface area contributed by atoms with Crippen LogP contribution in [0.2, 0.25) is 5.02 Å². The summed E-state index contributed by atoms with van der Waals surface area (Å²) in [6.07, 6.45) is 2.31. The van der Waals surface area contributed by atoms with Crippen molar-refractivity contribution < 1.29 is 0 Å². The Balaban J connectivity index is 2.36. The SMILES string of the molecule is CCCCN(c1ccccc1)c1ccc(CBr)cc1Cl. The van der Waals surface area contributed by atoms with Crippen molar-refractivity contribution >= 4 is 38.9 Å². The van der Waals surface area contributed by atoms with Crippen LogP contribution in [-0.4, -0.2) is 6.54 Å². The van der Waals surface area contributed by atoms with Crippen molar-refractivity contribution in [1.82, 2.24) is 0 Å². The maximum atomic E-state index is 6.47. The van der Waals surface area contributed by atoms with E-state index in [1.54, 1.807) is 0 Å². The minimum atomic E-state index is 0.807. The monoisotopic (exact) mass is 351 g/mol. The summed E-state index contributed by atoms with van der Waals surface area (Å²) in [5.41, 5.74) is 3.47. The van der Waals surface area contributed by atoms with Gasteiger partial charge in [0.05, 0.1) is 10.7 Å². The van der Waals surface area contributed by atoms with Crippen molar-refractivity contribution in [3.8, 4) is 0 Å². The predicted octanol–water partition coefficient (Wildman–Crippen LogP) is 6.17. The van der Waals surface area contributed by atoms with Crippen LogP contribution >= 0.6 is 27.5 Å². The summed E-state index contributed by atoms with van der Waals surface area (Å²) in [4.78, 5) is 2.30. The topological polar surface area (TPSA) is 3.24 Å². The highest BCUT2D eigenvalue weighted by Crippen LogP contribution is 2.33. The van der Waals surface area contributed by atoms with Gasteiger partial charge in [-0.25, -0.2) is 0 Å². The van der Waals surface area contributed by atoms with Crippen molar-refractivity contribution in [3.63, 3.8) is 0 Å². The average molecular weight is 353 g/mol. The molecule has 3 heteroatoms. The Morgan fingerprint density at radius 3 is 2.45 bits per heavy atom. The Labute approximate surface area is 134 Å². The standard InChI is InChI=1S/C17H19BrClN/c1-2-3-11-20(15-7-5-4-6-8-15)17-10-9-14(13-18)12-16(17)19/h4-10,12H,2-3,11,13H2,1H3. The molecule has 0 fully saturated rings. The fourth-order valence-electron chi connectivity index (χ4n) is 2.17. The van der Waals surface area contributed by atoms with Crippen molar-refractivity contribution in [1.29, 1.82) is 0 Å². The van der Waals surface area contributed by atoms with Gasteiger partial charge < -0.3 is 4.90 Å². The van der Waals surface area contributed by atoms with E-state index in [-0.39, 0.29) is 0 Å². The van der Waals surface area contributed by atoms with Gasteiger partial charge in [0, 0.05) is 17.6 Å². The molecular weight excluding hydrogens is 334 g/mol. The molecule has 0 bridgehead atoms. The van der Waals surface area contributed by atoms with Crippen molar-refractivity contribution in [2.45, 2.75) is 25.1 Å². The lowest BCUT2D eigenvalue weighted by molar-refractivity contribution is 0.786. The zero-order valence-electron chi connectivity index (χ0n) is 11.7. The summed E-state index contributed by atoms with van der Waals surface area (Å²) in [6, 6.07) is 16.7. The summed E-state index contributed by atoms with van der Waals surface area (Å²) in [5.74, 6) is 0. The van der Waals surface area contributed by atoms with Crippen LogP contribution in [0.15, 0.2) is 48.5 Å². The van der Waals surface area contributed by atoms with Crippen LogP contribution < -0.4 is 4.90 Å². The Morgan fingerprint density at radius 1 is 1.10 bits per heavy atom. The number of unbranched alkanes of at least 4 members (excludes halogenated alkanes) is 1. The normalized spacial score (nSPS) is 10.6. The van der Waals surface area contributed by atoms with Crippen molar-refractivity contribution in [2.75, 3.05) is 11.4 Å². The van der Waals surface area contributed by atoms with E-state index >= 15 is 0 Å². The summed E-state index contributed by atoms with van der Waals surface area (Å²) >= 11 is 9.94. The molecule has 0 unspecified atom stereocenters. The number of rotatable bonds is 6. The van der Waals surface area contributed by atoms with Crippen molar-refractivity contribution in [2.24, 2.45) is 0 Å². The van der Waals surface area contributed by atoms with Gasteiger partial charge in [-0.2, -0.15) is 0 Å². The number of hydrogen-bond donors (Lipinski definition) is 0. The van der Waals surface area contributed by atoms with Crippen LogP contribution in [-0.2, 0) is 5.33 Å². The molecule has 0 heterocycles. The number of benzene rings is 2. The quantitative estimate of drug-likeness (QED) is 0.562. The Hall–Kier alpha value is -0.990. The maximum absolute atomic E-state index is 6.47. The number of para-hydroxylation sites is 1. The molecule has 0 saturated heterocycles. The van der Waals surface area contributed by atoms with Gasteiger partial charge in [0.2, 0.25) is 0 Å². The van der Waals surface area contributed by atoms with Crippen LogP contribution in [0.1, 0.15) is 25.3 Å². The van der Waals surface area contributed by atoms with Crippen LogP contribution in [0.5, 0.6) is 0 Å². The first-order chi connectivity index (χ1) is 9.76. The Bertz CT molecular complexity index is 542. The van der Waals surface area contributed by atoms with E-state index in [4.69, 9.17) is 11.6 Å². The second kappa shape index (κ2) is 7.70. The minimum absolute atomic E-state index is 0.807. The van der Waals surface area contributed by atoms with Gasteiger partial charge in [0.25, 0.3) is 0 Å². The summed E-state index contributed by atoms with van der Waals surface area (Å²) in [5, 5.41) is 1.63. The van der Waals surface area contributed by atoms with E-state index in [2.05, 4.69) is 64.2 Å². The zero-order valence-corrected chi connectivity index (χ0v) is 14.0. The third-order valence-corrected chi connectivity index (χ3v) is 4.21. The lowest BCUT2D eigenvalue weighted by Gasteiger charge is -2.26. The molecule has 0 aliphatic carbocycles. The molecule has 20 heavy (non-hydrogen) atoms. The number of alkyl halides is 1. The largest absolute Gasteiger partial charge is 0.340 e. The molecule has 0 atom stereocenters. The molecule has 2 rings (SSSR count). The predicted molar refractivity (Wildman–Crippen MR) is 92.4 cm³/mol. The zero-order chi connectivity index (χ0) is 14.4. The fraction of sp³-hybridized carbons (Fsp3) is 0.294. The molecule has 2 aromatic carbocycles. The first-order valence-electron chi connectivity index (χ1n) is 6.93. The van der Waals surface area contributed by atoms with E-state index in [1.165, 1.54) is 17.7 Å². The molecule has 0 aliphatic heterocycles. The molecular formula is C17H19BrClN. The molecule has 0 saturated carbocycles. The van der Waals surface area contributed by atoms with E-state index in [0.29, 0.717) is 0 Å². The number of halogens is 2. The number of nitrogens with zero attached hydrogens (tertiary/aromatic N) is 1. The smallest absolute Gasteiger partial charge is 0.0646 e. The second-order valence-electron chi connectivity index (χ2n) is 4.76. The van der Waals surface area contributed by atoms with Crippen LogP contribution in [0, 0.1) is 0 Å². The van der Waals surface area contributed by atoms with Gasteiger partial charge in [0.1, 0.15) is 0 Å². The van der Waals surface area contributed by atoms with Gasteiger partial charge in [0.15, 0.2) is 0 Å². The molecule has 0 aliphatic rings. The molecule has 0 radical (unpaired) electrons. The molecule has 0 spiro atoms. The third-order valence-electron chi connectivity index (χ3n) is 3.26. The first kappa shape index (κ1) is 15.4. The molecule has 106 valence electrons. The lowest BCUT2D eigenvalue weighted by Crippen LogP contribution is -2.18. The van der Waals surface area contributed by atoms with Crippen LogP contribution in [0.4, 0.5) is 11.4 Å². The average Bonchev–Trinajstić information content (AvgIpc) is 2.50. The molecule has 0 aromatic heterocycles. The Morgan fingerprint density at radius 2 is 1.85 bits per heavy atom. The fourth-order valence-corrected chi connectivity index (χ4v) is 2.82. The van der Waals surface area contributed by atoms with Gasteiger partial charge in [-0.05, 0) is 36.2 Å². The maximum Gasteiger partial charge on any atom is 0.0646 e. The van der Waals surface area contributed by atoms with E-state index < -0.39 is 0 Å². The van der Waals surface area contributed by atoms with E-state index in [9.17, 15) is 0 Å². The lowest BCUT2D eigenvalue weighted by atomic mass is 10.1. The summed E-state index contributed by atoms with van der Waals surface area (Å²) in [6.45, 7) is 3.19. The highest BCUT2D eigenvalue weighted by atomic mass is 79.9. The van der Waals surface area contributed by atoms with Crippen molar-refractivity contribution in [3.05, 3.63) is 59.1 Å². The van der Waals surface area contributed by atoms with Gasteiger partial charge in [-0.15, -0.1) is 0 Å². The minimum Gasteiger partial charge on any atom is -0.340 e. The van der Waals surface area contributed by atoms with E-state index in [0.717, 1.165) is 29.0 Å². The highest BCUT2D eigenvalue weighted by molar-refractivity contribution is 9.08. The van der Waals surface area contributed by atoms with Gasteiger partial charge >= 0.3 is 0 Å². The Kier molecular flexibility index (Phi) is 5.93. The van der Waals surface area contributed by atoms with Crippen LogP contribution in [0.3, 0.4) is 0 Å². The number of anilines is 2. The summed E-state index contributed by atoms with van der Waals surface area (Å²) in [7, 11) is 0. The molecule has 0 N–H and O–H groups in total.